The van der Waals surface area contributed by atoms with Crippen LogP contribution in [0.4, 0.5) is 0 Å². The SMILES string of the molecule is CCOc1ccc(CC(=O)NCCNC(=O)COc2ccc(Cl)cc2)cc1. The van der Waals surface area contributed by atoms with Gasteiger partial charge >= 0.3 is 0 Å². The Hall–Kier alpha value is -2.73. The van der Waals surface area contributed by atoms with Gasteiger partial charge in [-0.15, -0.1) is 0 Å². The molecule has 0 aliphatic rings. The summed E-state index contributed by atoms with van der Waals surface area (Å²) in [5, 5.41) is 6.05. The Kier molecular flexibility index (Phi) is 8.45. The Morgan fingerprint density at radius 1 is 0.852 bits per heavy atom. The first-order valence-corrected chi connectivity index (χ1v) is 9.08. The molecule has 0 radical (unpaired) electrons. The van der Waals surface area contributed by atoms with Gasteiger partial charge in [-0.05, 0) is 48.9 Å². The smallest absolute Gasteiger partial charge is 0.258 e. The highest BCUT2D eigenvalue weighted by molar-refractivity contribution is 6.30. The van der Waals surface area contributed by atoms with Crippen LogP contribution in [0, 0.1) is 0 Å². The monoisotopic (exact) mass is 390 g/mol. The van der Waals surface area contributed by atoms with Crippen molar-refractivity contribution in [1.82, 2.24) is 10.6 Å². The molecule has 144 valence electrons. The first-order valence-electron chi connectivity index (χ1n) is 8.70. The number of benzene rings is 2. The second-order valence-corrected chi connectivity index (χ2v) is 6.13. The van der Waals surface area contributed by atoms with Gasteiger partial charge in [0.15, 0.2) is 6.61 Å². The molecule has 2 aromatic carbocycles. The van der Waals surface area contributed by atoms with Crippen LogP contribution in [0.15, 0.2) is 48.5 Å². The minimum atomic E-state index is -0.259. The minimum Gasteiger partial charge on any atom is -0.494 e. The molecular formula is C20H23ClN2O4. The maximum absolute atomic E-state index is 11.9. The molecule has 0 atom stereocenters. The number of nitrogens with one attached hydrogen (secondary N) is 2. The highest BCUT2D eigenvalue weighted by Gasteiger charge is 2.05. The van der Waals surface area contributed by atoms with E-state index in [1.807, 2.05) is 31.2 Å². The lowest BCUT2D eigenvalue weighted by molar-refractivity contribution is -0.124. The molecule has 0 bridgehead atoms. The molecule has 0 aromatic heterocycles. The number of ether oxygens (including phenoxy) is 2. The second-order valence-electron chi connectivity index (χ2n) is 5.70. The van der Waals surface area contributed by atoms with Crippen LogP contribution >= 0.6 is 11.6 Å². The van der Waals surface area contributed by atoms with Crippen LogP contribution in [0.3, 0.4) is 0 Å². The van der Waals surface area contributed by atoms with Gasteiger partial charge in [0.25, 0.3) is 5.91 Å². The molecule has 0 heterocycles. The lowest BCUT2D eigenvalue weighted by Gasteiger charge is -2.09. The van der Waals surface area contributed by atoms with E-state index in [1.54, 1.807) is 24.3 Å². The van der Waals surface area contributed by atoms with E-state index in [0.29, 0.717) is 30.5 Å². The van der Waals surface area contributed by atoms with Gasteiger partial charge in [0.2, 0.25) is 5.91 Å². The summed E-state index contributed by atoms with van der Waals surface area (Å²) in [6.45, 7) is 3.11. The van der Waals surface area contributed by atoms with Gasteiger partial charge in [0.05, 0.1) is 13.0 Å². The summed E-state index contributed by atoms with van der Waals surface area (Å²) in [4.78, 5) is 23.6. The van der Waals surface area contributed by atoms with E-state index in [0.717, 1.165) is 11.3 Å². The second kappa shape index (κ2) is 11.1. The molecule has 2 rings (SSSR count). The van der Waals surface area contributed by atoms with Crippen molar-refractivity contribution in [2.24, 2.45) is 0 Å². The molecule has 0 aliphatic carbocycles. The highest BCUT2D eigenvalue weighted by Crippen LogP contribution is 2.15. The molecule has 0 saturated carbocycles. The van der Waals surface area contributed by atoms with Crippen LogP contribution in [-0.2, 0) is 16.0 Å². The average molecular weight is 391 g/mol. The Morgan fingerprint density at radius 3 is 2.04 bits per heavy atom. The van der Waals surface area contributed by atoms with Gasteiger partial charge in [-0.1, -0.05) is 23.7 Å². The summed E-state index contributed by atoms with van der Waals surface area (Å²) in [7, 11) is 0. The summed E-state index contributed by atoms with van der Waals surface area (Å²) >= 11 is 5.78. The molecule has 0 fully saturated rings. The molecule has 6 nitrogen and oxygen atoms in total. The van der Waals surface area contributed by atoms with E-state index in [9.17, 15) is 9.59 Å². The molecule has 2 amide bonds. The third kappa shape index (κ3) is 8.00. The number of carbonyl (C=O) groups excluding carboxylic acids is 2. The predicted molar refractivity (Wildman–Crippen MR) is 104 cm³/mol. The Morgan fingerprint density at radius 2 is 1.41 bits per heavy atom. The largest absolute Gasteiger partial charge is 0.494 e. The van der Waals surface area contributed by atoms with Gasteiger partial charge in [0, 0.05) is 18.1 Å². The Labute approximate surface area is 163 Å². The fourth-order valence-corrected chi connectivity index (χ4v) is 2.38. The van der Waals surface area contributed by atoms with Crippen molar-refractivity contribution >= 4 is 23.4 Å². The number of halogens is 1. The van der Waals surface area contributed by atoms with Crippen molar-refractivity contribution in [2.45, 2.75) is 13.3 Å². The van der Waals surface area contributed by atoms with Crippen molar-refractivity contribution < 1.29 is 19.1 Å². The first kappa shape index (κ1) is 20.6. The topological polar surface area (TPSA) is 76.7 Å². The van der Waals surface area contributed by atoms with Crippen LogP contribution in [0.1, 0.15) is 12.5 Å². The molecular weight excluding hydrogens is 368 g/mol. The molecule has 0 spiro atoms. The van der Waals surface area contributed by atoms with Gasteiger partial charge in [-0.2, -0.15) is 0 Å². The number of rotatable bonds is 10. The minimum absolute atomic E-state index is 0.0955. The molecule has 0 aliphatic heterocycles. The van der Waals surface area contributed by atoms with Crippen molar-refractivity contribution in [1.29, 1.82) is 0 Å². The lowest BCUT2D eigenvalue weighted by atomic mass is 10.1. The third-order valence-corrected chi connectivity index (χ3v) is 3.80. The number of hydrogen-bond donors (Lipinski definition) is 2. The Balaban J connectivity index is 1.59. The predicted octanol–water partition coefficient (Wildman–Crippen LogP) is 2.59. The average Bonchev–Trinajstić information content (AvgIpc) is 2.66. The van der Waals surface area contributed by atoms with E-state index in [1.165, 1.54) is 0 Å². The van der Waals surface area contributed by atoms with E-state index >= 15 is 0 Å². The number of hydrogen-bond acceptors (Lipinski definition) is 4. The van der Waals surface area contributed by atoms with Gasteiger partial charge in [0.1, 0.15) is 11.5 Å². The van der Waals surface area contributed by atoms with Crippen molar-refractivity contribution in [3.05, 3.63) is 59.1 Å². The van der Waals surface area contributed by atoms with Crippen LogP contribution < -0.4 is 20.1 Å². The zero-order valence-corrected chi connectivity index (χ0v) is 15.9. The van der Waals surface area contributed by atoms with E-state index in [2.05, 4.69) is 10.6 Å². The van der Waals surface area contributed by atoms with Crippen LogP contribution in [-0.4, -0.2) is 38.1 Å². The number of carbonyl (C=O) groups is 2. The Bertz CT molecular complexity index is 733. The summed E-state index contributed by atoms with van der Waals surface area (Å²) in [5.41, 5.74) is 0.899. The zero-order valence-electron chi connectivity index (χ0n) is 15.2. The zero-order chi connectivity index (χ0) is 19.5. The fourth-order valence-electron chi connectivity index (χ4n) is 2.25. The van der Waals surface area contributed by atoms with E-state index < -0.39 is 0 Å². The van der Waals surface area contributed by atoms with Crippen LogP contribution in [0.2, 0.25) is 5.02 Å². The normalized spacial score (nSPS) is 10.1. The maximum atomic E-state index is 11.9. The van der Waals surface area contributed by atoms with Gasteiger partial charge in [-0.25, -0.2) is 0 Å². The maximum Gasteiger partial charge on any atom is 0.258 e. The van der Waals surface area contributed by atoms with E-state index in [4.69, 9.17) is 21.1 Å². The summed E-state index contributed by atoms with van der Waals surface area (Å²) in [6, 6.07) is 14.2. The highest BCUT2D eigenvalue weighted by atomic mass is 35.5. The molecule has 2 aromatic rings. The summed E-state index contributed by atoms with van der Waals surface area (Å²) in [5.74, 6) is 0.986. The van der Waals surface area contributed by atoms with Crippen LogP contribution in [0.25, 0.3) is 0 Å². The van der Waals surface area contributed by atoms with Crippen molar-refractivity contribution in [3.8, 4) is 11.5 Å². The summed E-state index contributed by atoms with van der Waals surface area (Å²) < 4.78 is 10.7. The fraction of sp³-hybridized carbons (Fsp3) is 0.300. The van der Waals surface area contributed by atoms with Crippen LogP contribution in [0.5, 0.6) is 11.5 Å². The third-order valence-electron chi connectivity index (χ3n) is 3.55. The standard InChI is InChI=1S/C20H23ClN2O4/c1-2-26-17-7-3-15(4-8-17)13-19(24)22-11-12-23-20(25)14-27-18-9-5-16(21)6-10-18/h3-10H,2,11-14H2,1H3,(H,22,24)(H,23,25). The lowest BCUT2D eigenvalue weighted by Crippen LogP contribution is -2.37. The quantitative estimate of drug-likeness (QED) is 0.611. The van der Waals surface area contributed by atoms with Crippen molar-refractivity contribution in [3.63, 3.8) is 0 Å². The summed E-state index contributed by atoms with van der Waals surface area (Å²) in [6.07, 6.45) is 0.278. The van der Waals surface area contributed by atoms with Crippen molar-refractivity contribution in [2.75, 3.05) is 26.3 Å². The van der Waals surface area contributed by atoms with Gasteiger partial charge < -0.3 is 20.1 Å². The molecule has 0 saturated heterocycles. The molecule has 0 unspecified atom stereocenters. The molecule has 2 N–H and O–H groups in total. The number of amides is 2. The molecule has 7 heteroatoms. The first-order chi connectivity index (χ1) is 13.1. The van der Waals surface area contributed by atoms with E-state index in [-0.39, 0.29) is 24.8 Å². The molecule has 27 heavy (non-hydrogen) atoms. The van der Waals surface area contributed by atoms with Gasteiger partial charge in [-0.3, -0.25) is 9.59 Å².